The van der Waals surface area contributed by atoms with Crippen LogP contribution in [0.15, 0.2) is 11.1 Å². The minimum absolute atomic E-state index is 0.152. The van der Waals surface area contributed by atoms with Crippen LogP contribution in [0, 0.1) is 35.5 Å². The molecule has 6 atom stereocenters. The smallest absolute Gasteiger partial charge is 0.185 e. The van der Waals surface area contributed by atoms with Crippen molar-refractivity contribution in [2.45, 2.75) is 116 Å². The van der Waals surface area contributed by atoms with Gasteiger partial charge in [0, 0.05) is 11.5 Å². The number of hydrogen-bond donors (Lipinski definition) is 0. The fraction of sp³-hybridized carbons (Fsp3) is 0.846. The Morgan fingerprint density at radius 1 is 0.933 bits per heavy atom. The van der Waals surface area contributed by atoms with Crippen LogP contribution in [-0.4, -0.2) is 28.3 Å². The highest BCUT2D eigenvalue weighted by Gasteiger charge is 2.63. The average Bonchev–Trinajstić information content (AvgIpc) is 2.91. The van der Waals surface area contributed by atoms with Gasteiger partial charge in [0.2, 0.25) is 0 Å². The van der Waals surface area contributed by atoms with Crippen LogP contribution in [0.5, 0.6) is 0 Å². The Labute approximate surface area is 187 Å². The first-order chi connectivity index (χ1) is 13.9. The highest BCUT2D eigenvalue weighted by atomic mass is 28.4. The summed E-state index contributed by atoms with van der Waals surface area (Å²) in [6, 6.07) is 0. The Hall–Kier alpha value is -0.346. The maximum Gasteiger partial charge on any atom is 0.185 e. The van der Waals surface area contributed by atoms with Gasteiger partial charge in [-0.25, -0.2) is 0 Å². The standard InChI is InChI=1S/C26H44O2Si2/c1-9-26(28-30(6,7)8)17-15-24-23-12-10-19-18-20(27-29(3,4)5)11-13-21(19)22(23)14-16-25(24,26)2/h1,20,22-24H,10-18H2,2-8H3. The molecular weight excluding hydrogens is 400 g/mol. The van der Waals surface area contributed by atoms with Gasteiger partial charge in [-0.2, -0.15) is 0 Å². The van der Waals surface area contributed by atoms with Crippen LogP contribution in [0.3, 0.4) is 0 Å². The summed E-state index contributed by atoms with van der Waals surface area (Å²) in [5, 5.41) is 0. The molecule has 0 amide bonds. The van der Waals surface area contributed by atoms with Gasteiger partial charge in [0.1, 0.15) is 5.60 Å². The summed E-state index contributed by atoms with van der Waals surface area (Å²) in [4.78, 5) is 0. The van der Waals surface area contributed by atoms with E-state index in [1.54, 1.807) is 5.57 Å². The third-order valence-electron chi connectivity index (χ3n) is 8.68. The molecule has 0 aromatic rings. The van der Waals surface area contributed by atoms with Gasteiger partial charge in [0.15, 0.2) is 16.6 Å². The molecule has 2 fully saturated rings. The van der Waals surface area contributed by atoms with Crippen molar-refractivity contribution in [2.75, 3.05) is 0 Å². The summed E-state index contributed by atoms with van der Waals surface area (Å²) in [5.74, 6) is 5.59. The van der Waals surface area contributed by atoms with Gasteiger partial charge in [-0.1, -0.05) is 24.0 Å². The zero-order valence-electron chi connectivity index (χ0n) is 20.6. The SMILES string of the molecule is C#CC1(O[Si](C)(C)C)CCC2C3CCC4=C(CCC(O[Si](C)(C)C)C4)C3CCC21C. The number of fused-ring (bicyclic) bond motifs is 4. The van der Waals surface area contributed by atoms with Crippen molar-refractivity contribution in [2.24, 2.45) is 23.2 Å². The van der Waals surface area contributed by atoms with E-state index < -0.39 is 16.6 Å². The Bertz CT molecular complexity index is 752. The summed E-state index contributed by atoms with van der Waals surface area (Å²) in [6.45, 7) is 16.4. The first-order valence-corrected chi connectivity index (χ1v) is 19.3. The predicted octanol–water partition coefficient (Wildman–Crippen LogP) is 7.15. The topological polar surface area (TPSA) is 18.5 Å². The Morgan fingerprint density at radius 3 is 2.30 bits per heavy atom. The van der Waals surface area contributed by atoms with E-state index in [2.05, 4.69) is 52.1 Å². The maximum absolute atomic E-state index is 6.83. The van der Waals surface area contributed by atoms with E-state index in [1.807, 2.05) is 5.57 Å². The normalized spacial score (nSPS) is 41.7. The molecule has 0 saturated heterocycles. The van der Waals surface area contributed by atoms with Gasteiger partial charge in [-0.05, 0) is 115 Å². The molecule has 2 nitrogen and oxygen atoms in total. The molecule has 0 radical (unpaired) electrons. The molecule has 2 saturated carbocycles. The Kier molecular flexibility index (Phi) is 5.79. The molecule has 4 aliphatic carbocycles. The summed E-state index contributed by atoms with van der Waals surface area (Å²) < 4.78 is 13.3. The third kappa shape index (κ3) is 3.94. The van der Waals surface area contributed by atoms with Gasteiger partial charge in [0.25, 0.3) is 0 Å². The van der Waals surface area contributed by atoms with Crippen LogP contribution in [0.25, 0.3) is 0 Å². The van der Waals surface area contributed by atoms with E-state index in [0.29, 0.717) is 6.10 Å². The molecule has 4 aliphatic rings. The molecule has 30 heavy (non-hydrogen) atoms. The molecule has 168 valence electrons. The molecular formula is C26H44O2Si2. The second-order valence-electron chi connectivity index (χ2n) is 12.8. The van der Waals surface area contributed by atoms with Crippen LogP contribution in [0.1, 0.15) is 64.7 Å². The number of allylic oxidation sites excluding steroid dienone is 1. The van der Waals surface area contributed by atoms with Gasteiger partial charge in [0.05, 0.1) is 0 Å². The fourth-order valence-electron chi connectivity index (χ4n) is 7.73. The molecule has 0 spiro atoms. The van der Waals surface area contributed by atoms with Crippen molar-refractivity contribution >= 4 is 16.6 Å². The van der Waals surface area contributed by atoms with Crippen LogP contribution < -0.4 is 0 Å². The first kappa shape index (κ1) is 22.8. The zero-order valence-corrected chi connectivity index (χ0v) is 22.6. The lowest BCUT2D eigenvalue weighted by Crippen LogP contribution is -2.55. The van der Waals surface area contributed by atoms with E-state index in [0.717, 1.165) is 24.2 Å². The van der Waals surface area contributed by atoms with Crippen LogP contribution in [0.4, 0.5) is 0 Å². The van der Waals surface area contributed by atoms with Gasteiger partial charge < -0.3 is 8.85 Å². The second kappa shape index (κ2) is 7.61. The van der Waals surface area contributed by atoms with E-state index in [9.17, 15) is 0 Å². The van der Waals surface area contributed by atoms with E-state index in [-0.39, 0.29) is 11.0 Å². The molecule has 4 rings (SSSR count). The summed E-state index contributed by atoms with van der Waals surface area (Å²) in [5.41, 5.74) is 3.44. The molecule has 6 unspecified atom stereocenters. The van der Waals surface area contributed by atoms with Gasteiger partial charge in [-0.15, -0.1) is 6.42 Å². The maximum atomic E-state index is 6.83. The molecule has 0 heterocycles. The lowest BCUT2D eigenvalue weighted by Gasteiger charge is -2.55. The minimum Gasteiger partial charge on any atom is -0.414 e. The zero-order chi connectivity index (χ0) is 21.9. The third-order valence-corrected chi connectivity index (χ3v) is 10.7. The largest absolute Gasteiger partial charge is 0.414 e. The lowest BCUT2D eigenvalue weighted by atomic mass is 9.52. The number of terminal acetylenes is 1. The van der Waals surface area contributed by atoms with E-state index in [4.69, 9.17) is 15.3 Å². The summed E-state index contributed by atoms with van der Waals surface area (Å²) in [6.07, 6.45) is 18.0. The quantitative estimate of drug-likeness (QED) is 0.260. The van der Waals surface area contributed by atoms with Crippen molar-refractivity contribution < 1.29 is 8.85 Å². The first-order valence-electron chi connectivity index (χ1n) is 12.4. The van der Waals surface area contributed by atoms with Crippen molar-refractivity contribution in [3.05, 3.63) is 11.1 Å². The Balaban J connectivity index is 1.55. The van der Waals surface area contributed by atoms with Crippen LogP contribution in [0.2, 0.25) is 39.3 Å². The second-order valence-corrected chi connectivity index (χ2v) is 21.7. The fourth-order valence-corrected chi connectivity index (χ4v) is 10.4. The average molecular weight is 445 g/mol. The van der Waals surface area contributed by atoms with E-state index in [1.165, 1.54) is 51.4 Å². The van der Waals surface area contributed by atoms with E-state index >= 15 is 0 Å². The van der Waals surface area contributed by atoms with Crippen molar-refractivity contribution in [3.63, 3.8) is 0 Å². The van der Waals surface area contributed by atoms with Crippen molar-refractivity contribution in [1.82, 2.24) is 0 Å². The summed E-state index contributed by atoms with van der Waals surface area (Å²) >= 11 is 0. The molecule has 4 heteroatoms. The predicted molar refractivity (Wildman–Crippen MR) is 131 cm³/mol. The van der Waals surface area contributed by atoms with Gasteiger partial charge >= 0.3 is 0 Å². The Morgan fingerprint density at radius 2 is 1.67 bits per heavy atom. The number of hydrogen-bond acceptors (Lipinski definition) is 2. The van der Waals surface area contributed by atoms with Crippen LogP contribution in [-0.2, 0) is 8.85 Å². The molecule has 0 aromatic carbocycles. The highest BCUT2D eigenvalue weighted by Crippen LogP contribution is 2.65. The summed E-state index contributed by atoms with van der Waals surface area (Å²) in [7, 11) is -3.16. The van der Waals surface area contributed by atoms with Crippen molar-refractivity contribution in [1.29, 1.82) is 0 Å². The number of rotatable bonds is 4. The monoisotopic (exact) mass is 444 g/mol. The van der Waals surface area contributed by atoms with Gasteiger partial charge in [-0.3, -0.25) is 0 Å². The van der Waals surface area contributed by atoms with Crippen LogP contribution >= 0.6 is 0 Å². The molecule has 0 aromatic heterocycles. The molecule has 0 N–H and O–H groups in total. The molecule has 0 aliphatic heterocycles. The van der Waals surface area contributed by atoms with Crippen molar-refractivity contribution in [3.8, 4) is 12.3 Å². The lowest BCUT2D eigenvalue weighted by molar-refractivity contribution is -0.0612. The highest BCUT2D eigenvalue weighted by molar-refractivity contribution is 6.70. The minimum atomic E-state index is -1.70. The molecule has 0 bridgehead atoms.